The van der Waals surface area contributed by atoms with Crippen molar-refractivity contribution in [1.82, 2.24) is 0 Å². The molecule has 146 valence electrons. The number of furan rings is 1. The van der Waals surface area contributed by atoms with Gasteiger partial charge in [0.25, 0.3) is 0 Å². The molecule has 1 aliphatic rings. The summed E-state index contributed by atoms with van der Waals surface area (Å²) in [7, 11) is 0. The fourth-order valence-electron chi connectivity index (χ4n) is 2.90. The summed E-state index contributed by atoms with van der Waals surface area (Å²) in [6.07, 6.45) is 6.26. The molecule has 0 bridgehead atoms. The summed E-state index contributed by atoms with van der Waals surface area (Å²) in [5.74, 6) is 7.35. The van der Waals surface area contributed by atoms with Gasteiger partial charge < -0.3 is 14.3 Å². The van der Waals surface area contributed by atoms with Crippen molar-refractivity contribution in [2.24, 2.45) is 10.4 Å². The van der Waals surface area contributed by atoms with E-state index in [1.807, 2.05) is 43.3 Å². The molecular weight excluding hydrogens is 350 g/mol. The van der Waals surface area contributed by atoms with Crippen molar-refractivity contribution in [1.29, 1.82) is 0 Å². The van der Waals surface area contributed by atoms with Crippen molar-refractivity contribution in [3.05, 3.63) is 60.0 Å². The van der Waals surface area contributed by atoms with Gasteiger partial charge in [0.1, 0.15) is 5.76 Å². The first kappa shape index (κ1) is 20.1. The maximum Gasteiger partial charge on any atom is 0.134 e. The molecule has 0 radical (unpaired) electrons. The second-order valence-corrected chi connectivity index (χ2v) is 7.48. The molecule has 0 saturated carbocycles. The number of allylic oxidation sites excluding steroid dienone is 1. The standard InChI is InChI=1S/C24H27NO3/c1-4-13-25-22(18(2)26)10-7-20-14-23(28-15-20)21-8-5-19(6-9-21)11-12-24(3)16-27-17-24/h4-6,8-9,13-15,18,26H,7,10,16-17H2,1-3H3/b13-4-,25-22+/t18-/m0/s1. The third-order valence-corrected chi connectivity index (χ3v) is 4.71. The minimum Gasteiger partial charge on any atom is -0.464 e. The Morgan fingerprint density at radius 2 is 2.07 bits per heavy atom. The van der Waals surface area contributed by atoms with Gasteiger partial charge in [-0.2, -0.15) is 0 Å². The number of aliphatic imine (C=N–C) groups is 1. The highest BCUT2D eigenvalue weighted by Crippen LogP contribution is 2.26. The zero-order chi connectivity index (χ0) is 20.0. The van der Waals surface area contributed by atoms with Crippen LogP contribution in [0.3, 0.4) is 0 Å². The predicted octanol–water partition coefficient (Wildman–Crippen LogP) is 4.62. The highest BCUT2D eigenvalue weighted by Gasteiger charge is 2.30. The first-order valence-corrected chi connectivity index (χ1v) is 9.64. The summed E-state index contributed by atoms with van der Waals surface area (Å²) in [6.45, 7) is 7.19. The molecule has 3 rings (SSSR count). The Kier molecular flexibility index (Phi) is 6.51. The minimum absolute atomic E-state index is 0.00424. The summed E-state index contributed by atoms with van der Waals surface area (Å²) in [4.78, 5) is 4.31. The lowest BCUT2D eigenvalue weighted by Gasteiger charge is -2.32. The summed E-state index contributed by atoms with van der Waals surface area (Å²) < 4.78 is 11.0. The average Bonchev–Trinajstić information content (AvgIpc) is 3.14. The molecule has 0 aliphatic carbocycles. The molecule has 1 N–H and O–H groups in total. The number of rotatable bonds is 6. The van der Waals surface area contributed by atoms with Gasteiger partial charge in [0.05, 0.1) is 31.0 Å². The first-order valence-electron chi connectivity index (χ1n) is 9.64. The molecule has 1 fully saturated rings. The highest BCUT2D eigenvalue weighted by atomic mass is 16.5. The molecule has 2 aromatic rings. The molecule has 4 heteroatoms. The monoisotopic (exact) mass is 377 g/mol. The van der Waals surface area contributed by atoms with Gasteiger partial charge in [0.15, 0.2) is 0 Å². The van der Waals surface area contributed by atoms with Crippen LogP contribution in [0.5, 0.6) is 0 Å². The van der Waals surface area contributed by atoms with Crippen LogP contribution in [-0.4, -0.2) is 30.1 Å². The Hall–Kier alpha value is -2.61. The van der Waals surface area contributed by atoms with Gasteiger partial charge in [-0.1, -0.05) is 30.0 Å². The summed E-state index contributed by atoms with van der Waals surface area (Å²) >= 11 is 0. The second kappa shape index (κ2) is 9.05. The molecular formula is C24H27NO3. The molecule has 28 heavy (non-hydrogen) atoms. The van der Waals surface area contributed by atoms with Crippen molar-refractivity contribution in [3.63, 3.8) is 0 Å². The normalized spacial score (nSPS) is 17.1. The number of hydrogen-bond acceptors (Lipinski definition) is 4. The van der Waals surface area contributed by atoms with E-state index < -0.39 is 6.10 Å². The highest BCUT2D eigenvalue weighted by molar-refractivity contribution is 5.88. The third-order valence-electron chi connectivity index (χ3n) is 4.71. The van der Waals surface area contributed by atoms with Crippen LogP contribution in [0, 0.1) is 17.3 Å². The molecule has 1 aromatic carbocycles. The maximum atomic E-state index is 9.83. The van der Waals surface area contributed by atoms with Gasteiger partial charge in [0, 0.05) is 23.0 Å². The van der Waals surface area contributed by atoms with Crippen molar-refractivity contribution >= 4 is 5.71 Å². The van der Waals surface area contributed by atoms with E-state index in [4.69, 9.17) is 9.15 Å². The largest absolute Gasteiger partial charge is 0.464 e. The zero-order valence-corrected chi connectivity index (χ0v) is 16.7. The topological polar surface area (TPSA) is 55.0 Å². The average molecular weight is 377 g/mol. The first-order chi connectivity index (χ1) is 13.5. The number of aliphatic hydroxyl groups is 1. The SMILES string of the molecule is C/C=C\N=C(/CCc1coc(-c2ccc(C#CC3(C)COC3)cc2)c1)[C@H](C)O. The van der Waals surface area contributed by atoms with E-state index in [0.29, 0.717) is 19.6 Å². The van der Waals surface area contributed by atoms with E-state index in [1.54, 1.807) is 19.4 Å². The number of hydrogen-bond donors (Lipinski definition) is 1. The smallest absolute Gasteiger partial charge is 0.134 e. The number of aryl methyl sites for hydroxylation is 1. The lowest BCUT2D eigenvalue weighted by molar-refractivity contribution is -0.0648. The van der Waals surface area contributed by atoms with Crippen LogP contribution in [-0.2, 0) is 11.2 Å². The number of benzene rings is 1. The van der Waals surface area contributed by atoms with E-state index >= 15 is 0 Å². The second-order valence-electron chi connectivity index (χ2n) is 7.48. The van der Waals surface area contributed by atoms with Crippen LogP contribution < -0.4 is 0 Å². The van der Waals surface area contributed by atoms with Crippen LogP contribution in [0.25, 0.3) is 11.3 Å². The van der Waals surface area contributed by atoms with Crippen LogP contribution in [0.4, 0.5) is 0 Å². The molecule has 1 atom stereocenters. The minimum atomic E-state index is -0.551. The summed E-state index contributed by atoms with van der Waals surface area (Å²) in [6, 6.07) is 10.1. The Labute approximate surface area is 166 Å². The Bertz CT molecular complexity index is 903. The molecule has 2 heterocycles. The van der Waals surface area contributed by atoms with Crippen molar-refractivity contribution in [3.8, 4) is 23.2 Å². The summed E-state index contributed by atoms with van der Waals surface area (Å²) in [5, 5.41) is 9.83. The fourth-order valence-corrected chi connectivity index (χ4v) is 2.90. The van der Waals surface area contributed by atoms with Crippen molar-refractivity contribution in [2.45, 2.75) is 39.7 Å². The van der Waals surface area contributed by atoms with Gasteiger partial charge in [-0.25, -0.2) is 0 Å². The Balaban J connectivity index is 1.63. The van der Waals surface area contributed by atoms with E-state index in [-0.39, 0.29) is 5.41 Å². The van der Waals surface area contributed by atoms with Gasteiger partial charge in [-0.05, 0) is 57.4 Å². The van der Waals surface area contributed by atoms with E-state index in [0.717, 1.165) is 34.6 Å². The maximum absolute atomic E-state index is 9.83. The number of nitrogens with zero attached hydrogens (tertiary/aromatic N) is 1. The Morgan fingerprint density at radius 3 is 2.68 bits per heavy atom. The molecule has 1 saturated heterocycles. The molecule has 1 aromatic heterocycles. The molecule has 4 nitrogen and oxygen atoms in total. The number of aliphatic hydroxyl groups excluding tert-OH is 1. The quantitative estimate of drug-likeness (QED) is 0.590. The van der Waals surface area contributed by atoms with Crippen LogP contribution in [0.1, 0.15) is 38.3 Å². The van der Waals surface area contributed by atoms with Crippen LogP contribution in [0.2, 0.25) is 0 Å². The van der Waals surface area contributed by atoms with E-state index in [1.165, 1.54) is 0 Å². The molecule has 0 spiro atoms. The van der Waals surface area contributed by atoms with E-state index in [9.17, 15) is 5.11 Å². The third kappa shape index (κ3) is 5.22. The molecule has 1 aliphatic heterocycles. The molecule has 0 amide bonds. The van der Waals surface area contributed by atoms with Crippen LogP contribution in [0.15, 0.2) is 58.3 Å². The summed E-state index contributed by atoms with van der Waals surface area (Å²) in [5.41, 5.74) is 3.87. The van der Waals surface area contributed by atoms with Gasteiger partial charge in [-0.3, -0.25) is 4.99 Å². The van der Waals surface area contributed by atoms with Crippen molar-refractivity contribution in [2.75, 3.05) is 13.2 Å². The van der Waals surface area contributed by atoms with Crippen molar-refractivity contribution < 1.29 is 14.3 Å². The lowest BCUT2D eigenvalue weighted by Crippen LogP contribution is -2.38. The predicted molar refractivity (Wildman–Crippen MR) is 112 cm³/mol. The van der Waals surface area contributed by atoms with Gasteiger partial charge in [-0.15, -0.1) is 0 Å². The van der Waals surface area contributed by atoms with Crippen LogP contribution >= 0.6 is 0 Å². The van der Waals surface area contributed by atoms with Gasteiger partial charge in [0.2, 0.25) is 0 Å². The van der Waals surface area contributed by atoms with E-state index in [2.05, 4.69) is 23.8 Å². The van der Waals surface area contributed by atoms with Gasteiger partial charge >= 0.3 is 0 Å². The number of ether oxygens (including phenoxy) is 1. The molecule has 0 unspecified atom stereocenters. The fraction of sp³-hybridized carbons (Fsp3) is 0.375. The lowest BCUT2D eigenvalue weighted by atomic mass is 9.89. The Morgan fingerprint density at radius 1 is 1.32 bits per heavy atom. The zero-order valence-electron chi connectivity index (χ0n) is 16.7.